The average Bonchev–Trinajstić information content (AvgIpc) is 2.14. The van der Waals surface area contributed by atoms with Gasteiger partial charge in [0.1, 0.15) is 5.02 Å². The van der Waals surface area contributed by atoms with Gasteiger partial charge in [-0.3, -0.25) is 14.3 Å². The van der Waals surface area contributed by atoms with Crippen molar-refractivity contribution in [3.8, 4) is 0 Å². The third kappa shape index (κ3) is 2.07. The second-order valence-electron chi connectivity index (χ2n) is 3.16. The normalized spacial score (nSPS) is 10.5. The lowest BCUT2D eigenvalue weighted by atomic mass is 10.3. The molecule has 1 heterocycles. The van der Waals surface area contributed by atoms with E-state index in [-0.39, 0.29) is 10.7 Å². The van der Waals surface area contributed by atoms with Crippen molar-refractivity contribution in [2.45, 2.75) is 33.2 Å². The van der Waals surface area contributed by atoms with Gasteiger partial charge in [-0.2, -0.15) is 0 Å². The summed E-state index contributed by atoms with van der Waals surface area (Å²) in [7, 11) is 0. The fraction of sp³-hybridized carbons (Fsp3) is 0.556. The van der Waals surface area contributed by atoms with E-state index in [1.807, 2.05) is 6.92 Å². The minimum absolute atomic E-state index is 0.0979. The first-order chi connectivity index (χ1) is 6.57. The van der Waals surface area contributed by atoms with Crippen LogP contribution in [0.25, 0.3) is 0 Å². The van der Waals surface area contributed by atoms with Crippen LogP contribution in [0.5, 0.6) is 0 Å². The van der Waals surface area contributed by atoms with E-state index in [9.17, 15) is 9.59 Å². The summed E-state index contributed by atoms with van der Waals surface area (Å²) < 4.78 is 1.49. The summed E-state index contributed by atoms with van der Waals surface area (Å²) in [6, 6.07) is 0. The molecule has 4 nitrogen and oxygen atoms in total. The van der Waals surface area contributed by atoms with Crippen LogP contribution in [0.4, 0.5) is 0 Å². The number of aromatic amines is 1. The Morgan fingerprint density at radius 3 is 2.64 bits per heavy atom. The number of hydrogen-bond donors (Lipinski definition) is 1. The second kappa shape index (κ2) is 4.46. The van der Waals surface area contributed by atoms with E-state index in [2.05, 4.69) is 4.98 Å². The van der Waals surface area contributed by atoms with Crippen LogP contribution in [0.2, 0.25) is 5.02 Å². The number of aromatic nitrogens is 2. The molecule has 0 aliphatic rings. The fourth-order valence-electron chi connectivity index (χ4n) is 1.24. The fourth-order valence-corrected chi connectivity index (χ4v) is 1.39. The Morgan fingerprint density at radius 1 is 1.43 bits per heavy atom. The molecule has 78 valence electrons. The monoisotopic (exact) mass is 216 g/mol. The van der Waals surface area contributed by atoms with E-state index in [1.54, 1.807) is 6.92 Å². The van der Waals surface area contributed by atoms with Crippen LogP contribution in [0, 0.1) is 6.92 Å². The highest BCUT2D eigenvalue weighted by Gasteiger charge is 2.07. The van der Waals surface area contributed by atoms with Crippen molar-refractivity contribution < 1.29 is 0 Å². The van der Waals surface area contributed by atoms with Gasteiger partial charge in [-0.1, -0.05) is 24.9 Å². The van der Waals surface area contributed by atoms with Gasteiger partial charge in [-0.25, -0.2) is 4.79 Å². The summed E-state index contributed by atoms with van der Waals surface area (Å²) in [4.78, 5) is 24.6. The Kier molecular flexibility index (Phi) is 3.52. The van der Waals surface area contributed by atoms with E-state index >= 15 is 0 Å². The maximum Gasteiger partial charge on any atom is 0.328 e. The van der Waals surface area contributed by atoms with Gasteiger partial charge in [0, 0.05) is 12.2 Å². The molecule has 0 aliphatic heterocycles. The summed E-state index contributed by atoms with van der Waals surface area (Å²) >= 11 is 5.73. The zero-order valence-corrected chi connectivity index (χ0v) is 9.02. The van der Waals surface area contributed by atoms with Crippen LogP contribution < -0.4 is 11.2 Å². The van der Waals surface area contributed by atoms with E-state index in [0.29, 0.717) is 12.2 Å². The molecule has 1 aromatic heterocycles. The Morgan fingerprint density at radius 2 is 2.07 bits per heavy atom. The Hall–Kier alpha value is -1.03. The third-order valence-corrected chi connectivity index (χ3v) is 2.57. The molecule has 1 rings (SSSR count). The summed E-state index contributed by atoms with van der Waals surface area (Å²) in [5, 5.41) is 0.0979. The van der Waals surface area contributed by atoms with Crippen molar-refractivity contribution in [3.05, 3.63) is 31.6 Å². The number of rotatable bonds is 3. The summed E-state index contributed by atoms with van der Waals surface area (Å²) in [5.74, 6) is 0. The highest BCUT2D eigenvalue weighted by Crippen LogP contribution is 2.06. The topological polar surface area (TPSA) is 54.9 Å². The molecule has 1 N–H and O–H groups in total. The first kappa shape index (κ1) is 11.0. The molecule has 0 unspecified atom stereocenters. The molecule has 14 heavy (non-hydrogen) atoms. The average molecular weight is 217 g/mol. The van der Waals surface area contributed by atoms with Gasteiger partial charge >= 0.3 is 5.69 Å². The third-order valence-electron chi connectivity index (χ3n) is 2.12. The quantitative estimate of drug-likeness (QED) is 0.828. The molecule has 0 spiro atoms. The standard InChI is InChI=1S/C9H13ClN2O2/c1-3-4-5-12-6(2)7(10)8(13)11-9(12)14/h3-5H2,1-2H3,(H,11,13,14). The molecular formula is C9H13ClN2O2. The van der Waals surface area contributed by atoms with Gasteiger partial charge in [-0.15, -0.1) is 0 Å². The lowest BCUT2D eigenvalue weighted by Crippen LogP contribution is -2.32. The molecule has 0 saturated carbocycles. The smallest absolute Gasteiger partial charge is 0.297 e. The number of hydrogen-bond acceptors (Lipinski definition) is 2. The highest BCUT2D eigenvalue weighted by molar-refractivity contribution is 6.30. The van der Waals surface area contributed by atoms with Crippen LogP contribution in [0.15, 0.2) is 9.59 Å². The second-order valence-corrected chi connectivity index (χ2v) is 3.54. The van der Waals surface area contributed by atoms with E-state index in [4.69, 9.17) is 11.6 Å². The first-order valence-electron chi connectivity index (χ1n) is 4.57. The zero-order valence-electron chi connectivity index (χ0n) is 8.26. The molecule has 0 amide bonds. The Labute approximate surface area is 86.5 Å². The summed E-state index contributed by atoms with van der Waals surface area (Å²) in [5.41, 5.74) is -0.360. The van der Waals surface area contributed by atoms with Gasteiger partial charge in [0.25, 0.3) is 5.56 Å². The maximum atomic E-state index is 11.4. The minimum atomic E-state index is -0.512. The Balaban J connectivity index is 3.23. The van der Waals surface area contributed by atoms with E-state index in [1.165, 1.54) is 4.57 Å². The number of unbranched alkanes of at least 4 members (excludes halogenated alkanes) is 1. The molecular weight excluding hydrogens is 204 g/mol. The number of H-pyrrole nitrogens is 1. The van der Waals surface area contributed by atoms with Crippen LogP contribution in [-0.4, -0.2) is 9.55 Å². The minimum Gasteiger partial charge on any atom is -0.297 e. The van der Waals surface area contributed by atoms with Crippen molar-refractivity contribution in [1.29, 1.82) is 0 Å². The van der Waals surface area contributed by atoms with Gasteiger partial charge in [-0.05, 0) is 13.3 Å². The summed E-state index contributed by atoms with van der Waals surface area (Å²) in [6.07, 6.45) is 1.88. The number of nitrogens with zero attached hydrogens (tertiary/aromatic N) is 1. The van der Waals surface area contributed by atoms with Crippen molar-refractivity contribution in [3.63, 3.8) is 0 Å². The number of halogens is 1. The van der Waals surface area contributed by atoms with Crippen LogP contribution in [0.3, 0.4) is 0 Å². The SMILES string of the molecule is CCCCn1c(C)c(Cl)c(=O)[nH]c1=O. The van der Waals surface area contributed by atoms with Crippen molar-refractivity contribution in [2.24, 2.45) is 0 Å². The molecule has 5 heteroatoms. The van der Waals surface area contributed by atoms with Crippen LogP contribution in [-0.2, 0) is 6.54 Å². The van der Waals surface area contributed by atoms with Crippen LogP contribution in [0.1, 0.15) is 25.5 Å². The first-order valence-corrected chi connectivity index (χ1v) is 4.95. The molecule has 0 aromatic carbocycles. The van der Waals surface area contributed by atoms with E-state index in [0.717, 1.165) is 12.8 Å². The predicted molar refractivity (Wildman–Crippen MR) is 56.0 cm³/mol. The molecule has 1 aromatic rings. The highest BCUT2D eigenvalue weighted by atomic mass is 35.5. The molecule has 0 bridgehead atoms. The zero-order chi connectivity index (χ0) is 10.7. The molecule has 0 radical (unpaired) electrons. The van der Waals surface area contributed by atoms with Crippen molar-refractivity contribution >= 4 is 11.6 Å². The van der Waals surface area contributed by atoms with Crippen LogP contribution >= 0.6 is 11.6 Å². The van der Waals surface area contributed by atoms with Gasteiger partial charge in [0.05, 0.1) is 0 Å². The van der Waals surface area contributed by atoms with Gasteiger partial charge < -0.3 is 0 Å². The van der Waals surface area contributed by atoms with Gasteiger partial charge in [0.15, 0.2) is 0 Å². The van der Waals surface area contributed by atoms with Crippen molar-refractivity contribution in [1.82, 2.24) is 9.55 Å². The lowest BCUT2D eigenvalue weighted by Gasteiger charge is -2.08. The molecule has 0 atom stereocenters. The predicted octanol–water partition coefficient (Wildman–Crippen LogP) is 1.30. The largest absolute Gasteiger partial charge is 0.328 e. The molecule has 0 aliphatic carbocycles. The Bertz CT molecular complexity index is 433. The maximum absolute atomic E-state index is 11.4. The van der Waals surface area contributed by atoms with Crippen molar-refractivity contribution in [2.75, 3.05) is 0 Å². The lowest BCUT2D eigenvalue weighted by molar-refractivity contribution is 0.582. The van der Waals surface area contributed by atoms with E-state index < -0.39 is 5.56 Å². The number of nitrogens with one attached hydrogen (secondary N) is 1. The molecule has 0 fully saturated rings. The summed E-state index contributed by atoms with van der Waals surface area (Å²) in [6.45, 7) is 4.31. The molecule has 0 saturated heterocycles. The van der Waals surface area contributed by atoms with Gasteiger partial charge in [0.2, 0.25) is 0 Å².